The van der Waals surface area contributed by atoms with E-state index in [0.717, 1.165) is 27.6 Å². The van der Waals surface area contributed by atoms with Gasteiger partial charge in [-0.2, -0.15) is 0 Å². The Morgan fingerprint density at radius 1 is 0.333 bits per heavy atom. The minimum Gasteiger partial charge on any atom is -0.256 e. The summed E-state index contributed by atoms with van der Waals surface area (Å²) in [4.78, 5) is 22.2. The Labute approximate surface area is 352 Å². The average Bonchev–Trinajstić information content (AvgIpc) is 3.62. The molecule has 4 nitrogen and oxygen atoms in total. The molecule has 60 heavy (non-hydrogen) atoms. The first-order chi connectivity index (χ1) is 29.7. The van der Waals surface area contributed by atoms with Gasteiger partial charge in [-0.15, -0.1) is 0 Å². The van der Waals surface area contributed by atoms with Crippen LogP contribution in [0.15, 0.2) is 216 Å². The van der Waals surface area contributed by atoms with Gasteiger partial charge in [0.15, 0.2) is 17.5 Å². The lowest BCUT2D eigenvalue weighted by atomic mass is 9.67. The maximum atomic E-state index is 5.12. The van der Waals surface area contributed by atoms with Crippen molar-refractivity contribution >= 4 is 22.7 Å². The molecular formula is C55H34N4S. The van der Waals surface area contributed by atoms with Crippen molar-refractivity contribution in [2.75, 3.05) is 0 Å². The van der Waals surface area contributed by atoms with Crippen molar-refractivity contribution in [1.29, 1.82) is 0 Å². The van der Waals surface area contributed by atoms with Crippen molar-refractivity contribution < 1.29 is 0 Å². The zero-order valence-corrected chi connectivity index (χ0v) is 33.1. The maximum absolute atomic E-state index is 5.12. The van der Waals surface area contributed by atoms with E-state index < -0.39 is 5.41 Å². The molecule has 0 saturated heterocycles. The highest BCUT2D eigenvalue weighted by atomic mass is 32.2. The van der Waals surface area contributed by atoms with Crippen LogP contribution in [0.4, 0.5) is 0 Å². The molecule has 0 amide bonds. The fraction of sp³-hybridized carbons (Fsp3) is 0.0182. The first kappa shape index (κ1) is 34.6. The van der Waals surface area contributed by atoms with E-state index in [-0.39, 0.29) is 0 Å². The van der Waals surface area contributed by atoms with Crippen LogP contribution in [-0.4, -0.2) is 19.9 Å². The molecule has 1 spiro atoms. The highest BCUT2D eigenvalue weighted by molar-refractivity contribution is 7.99. The van der Waals surface area contributed by atoms with Gasteiger partial charge in [0, 0.05) is 38.1 Å². The molecule has 0 fully saturated rings. The van der Waals surface area contributed by atoms with Crippen LogP contribution in [0.3, 0.4) is 0 Å². The van der Waals surface area contributed by atoms with E-state index in [1.165, 1.54) is 65.4 Å². The summed E-state index contributed by atoms with van der Waals surface area (Å²) in [6, 6.07) is 71.6. The van der Waals surface area contributed by atoms with E-state index >= 15 is 0 Å². The number of benzene rings is 8. The van der Waals surface area contributed by atoms with Gasteiger partial charge in [0.25, 0.3) is 0 Å². The Bertz CT molecular complexity index is 3180. The normalized spacial score (nSPS) is 13.1. The van der Waals surface area contributed by atoms with Crippen LogP contribution in [0.2, 0.25) is 0 Å². The van der Waals surface area contributed by atoms with Crippen molar-refractivity contribution in [2.45, 2.75) is 15.2 Å². The summed E-state index contributed by atoms with van der Waals surface area (Å²) in [5.41, 5.74) is 15.8. The first-order valence-corrected chi connectivity index (χ1v) is 21.0. The summed E-state index contributed by atoms with van der Waals surface area (Å²) in [6.07, 6.45) is 1.85. The quantitative estimate of drug-likeness (QED) is 0.174. The van der Waals surface area contributed by atoms with Crippen molar-refractivity contribution in [2.24, 2.45) is 0 Å². The number of aromatic nitrogens is 4. The van der Waals surface area contributed by atoms with Gasteiger partial charge in [-0.05, 0) is 79.9 Å². The number of nitrogens with zero attached hydrogens (tertiary/aromatic N) is 4. The molecule has 0 N–H and O–H groups in total. The minimum atomic E-state index is -0.504. The Morgan fingerprint density at radius 2 is 0.833 bits per heavy atom. The topological polar surface area (TPSA) is 51.6 Å². The average molecular weight is 783 g/mol. The number of hydrogen-bond donors (Lipinski definition) is 0. The predicted molar refractivity (Wildman–Crippen MR) is 244 cm³/mol. The standard InChI is InChI=1S/C55H34N4S/c1-3-13-37(14-4-1)52-57-53(38-15-5-2-6-16-38)59-54(58-52)40-29-31-48-51(34-40)60-50-33-39(35-24-26-36(27-25-35)41-19-11-23-49-44(41)20-12-32-56-49)28-30-47(50)55(48)45-21-9-7-17-42(45)43-18-8-10-22-46(43)55/h1-34H. The number of fused-ring (bicyclic) bond motifs is 10. The minimum absolute atomic E-state index is 0.504. The van der Waals surface area contributed by atoms with Gasteiger partial charge in [0.05, 0.1) is 10.9 Å². The summed E-state index contributed by atoms with van der Waals surface area (Å²) in [5, 5.41) is 1.16. The third kappa shape index (κ3) is 5.40. The fourth-order valence-electron chi connectivity index (χ4n) is 9.37. The first-order valence-electron chi connectivity index (χ1n) is 20.2. The van der Waals surface area contributed by atoms with Crippen molar-refractivity contribution in [3.05, 3.63) is 229 Å². The van der Waals surface area contributed by atoms with Crippen LogP contribution in [0, 0.1) is 0 Å². The van der Waals surface area contributed by atoms with Gasteiger partial charge >= 0.3 is 0 Å². The molecule has 12 rings (SSSR count). The van der Waals surface area contributed by atoms with Gasteiger partial charge in [-0.3, -0.25) is 4.98 Å². The van der Waals surface area contributed by atoms with Crippen LogP contribution >= 0.6 is 11.8 Å². The number of hydrogen-bond acceptors (Lipinski definition) is 5. The van der Waals surface area contributed by atoms with Gasteiger partial charge in [-0.25, -0.2) is 15.0 Å². The zero-order chi connectivity index (χ0) is 39.6. The van der Waals surface area contributed by atoms with Gasteiger partial charge in [0.2, 0.25) is 0 Å². The maximum Gasteiger partial charge on any atom is 0.164 e. The summed E-state index contributed by atoms with van der Waals surface area (Å²) in [5.74, 6) is 1.95. The molecule has 8 aromatic carbocycles. The van der Waals surface area contributed by atoms with Crippen molar-refractivity contribution in [3.63, 3.8) is 0 Å². The highest BCUT2D eigenvalue weighted by Gasteiger charge is 2.50. The predicted octanol–water partition coefficient (Wildman–Crippen LogP) is 13.6. The van der Waals surface area contributed by atoms with Crippen LogP contribution in [0.25, 0.3) is 78.4 Å². The van der Waals surface area contributed by atoms with Crippen molar-refractivity contribution in [1.82, 2.24) is 19.9 Å². The third-order valence-corrected chi connectivity index (χ3v) is 13.2. The Morgan fingerprint density at radius 3 is 1.47 bits per heavy atom. The van der Waals surface area contributed by atoms with E-state index in [4.69, 9.17) is 15.0 Å². The summed E-state index contributed by atoms with van der Waals surface area (Å²) in [6.45, 7) is 0. The monoisotopic (exact) mass is 782 g/mol. The molecule has 1 aliphatic heterocycles. The van der Waals surface area contributed by atoms with E-state index in [0.29, 0.717) is 17.5 Å². The smallest absolute Gasteiger partial charge is 0.164 e. The van der Waals surface area contributed by atoms with Gasteiger partial charge in [0.1, 0.15) is 0 Å². The van der Waals surface area contributed by atoms with Gasteiger partial charge in [-0.1, -0.05) is 188 Å². The van der Waals surface area contributed by atoms with E-state index in [1.807, 2.05) is 60.4 Å². The van der Waals surface area contributed by atoms with E-state index in [9.17, 15) is 0 Å². The lowest BCUT2D eigenvalue weighted by Gasteiger charge is -2.40. The summed E-state index contributed by atoms with van der Waals surface area (Å²) < 4.78 is 0. The Hall–Kier alpha value is -7.47. The van der Waals surface area contributed by atoms with E-state index in [2.05, 4.69) is 163 Å². The molecule has 0 bridgehead atoms. The molecule has 0 unspecified atom stereocenters. The van der Waals surface area contributed by atoms with Gasteiger partial charge < -0.3 is 0 Å². The zero-order valence-electron chi connectivity index (χ0n) is 32.3. The molecule has 5 heteroatoms. The van der Waals surface area contributed by atoms with Crippen LogP contribution < -0.4 is 0 Å². The highest BCUT2D eigenvalue weighted by Crippen LogP contribution is 2.62. The fourth-order valence-corrected chi connectivity index (χ4v) is 10.6. The molecule has 0 radical (unpaired) electrons. The Balaban J connectivity index is 1.03. The van der Waals surface area contributed by atoms with Crippen LogP contribution in [-0.2, 0) is 5.41 Å². The SMILES string of the molecule is c1ccc(-c2nc(-c3ccccc3)nc(-c3ccc4c(c3)Sc3cc(-c5ccc(-c6cccc7ncccc67)cc5)ccc3C43c4ccccc4-c4ccccc43)n2)cc1. The van der Waals surface area contributed by atoms with Crippen LogP contribution in [0.5, 0.6) is 0 Å². The molecule has 2 aliphatic rings. The molecule has 2 aromatic heterocycles. The second-order valence-electron chi connectivity index (χ2n) is 15.4. The molecule has 280 valence electrons. The van der Waals surface area contributed by atoms with E-state index in [1.54, 1.807) is 0 Å². The second kappa shape index (κ2) is 13.8. The second-order valence-corrected chi connectivity index (χ2v) is 16.4. The lowest BCUT2D eigenvalue weighted by Crippen LogP contribution is -2.32. The largest absolute Gasteiger partial charge is 0.256 e. The van der Waals surface area contributed by atoms with Crippen molar-refractivity contribution in [3.8, 4) is 67.5 Å². The molecule has 3 heterocycles. The van der Waals surface area contributed by atoms with Crippen LogP contribution in [0.1, 0.15) is 22.3 Å². The number of rotatable bonds is 5. The molecule has 1 aliphatic carbocycles. The third-order valence-electron chi connectivity index (χ3n) is 12.1. The molecule has 0 atom stereocenters. The molecule has 10 aromatic rings. The summed E-state index contributed by atoms with van der Waals surface area (Å²) >= 11 is 1.83. The molecule has 0 saturated carbocycles. The lowest BCUT2D eigenvalue weighted by molar-refractivity contribution is 0.722. The number of pyridine rings is 1. The Kier molecular flexibility index (Phi) is 7.97. The molecular weight excluding hydrogens is 749 g/mol. The summed E-state index contributed by atoms with van der Waals surface area (Å²) in [7, 11) is 0.